The highest BCUT2D eigenvalue weighted by atomic mass is 16.7. The summed E-state index contributed by atoms with van der Waals surface area (Å²) in [6.07, 6.45) is 7.37. The number of carbonyl (C=O) groups is 2. The molecule has 3 rings (SSSR count). The molecule has 2 aliphatic heterocycles. The van der Waals surface area contributed by atoms with E-state index in [1.165, 1.54) is 0 Å². The highest BCUT2D eigenvalue weighted by Crippen LogP contribution is 2.48. The molecule has 0 bridgehead atoms. The largest absolute Gasteiger partial charge is 0.493 e. The van der Waals surface area contributed by atoms with Gasteiger partial charge in [-0.05, 0) is 55.8 Å². The molecule has 2 heterocycles. The number of rotatable bonds is 14. The minimum absolute atomic E-state index is 0.0220. The number of fused-ring (bicyclic) bond motifs is 1. The van der Waals surface area contributed by atoms with Crippen molar-refractivity contribution in [3.63, 3.8) is 0 Å². The summed E-state index contributed by atoms with van der Waals surface area (Å²) in [6.45, 7) is 10.8. The van der Waals surface area contributed by atoms with Gasteiger partial charge in [-0.1, -0.05) is 39.3 Å². The molecular formula is C29H45N3O6. The van der Waals surface area contributed by atoms with E-state index in [4.69, 9.17) is 19.9 Å². The number of likely N-dealkylation sites (tertiary alicyclic amines) is 1. The predicted molar refractivity (Wildman–Crippen MR) is 147 cm³/mol. The normalized spacial score (nSPS) is 21.3. The molecule has 0 aromatic heterocycles. The highest BCUT2D eigenvalue weighted by molar-refractivity contribution is 5.79. The van der Waals surface area contributed by atoms with Crippen LogP contribution in [-0.2, 0) is 9.59 Å². The number of hydrogen-bond acceptors (Lipinski definition) is 7. The third kappa shape index (κ3) is 6.99. The summed E-state index contributed by atoms with van der Waals surface area (Å²) in [5.74, 6) is -0.287. The van der Waals surface area contributed by atoms with Gasteiger partial charge in [0, 0.05) is 31.6 Å². The molecular weight excluding hydrogens is 486 g/mol. The molecule has 1 unspecified atom stereocenters. The Balaban J connectivity index is 1.97. The number of carboxylic acids is 1. The Labute approximate surface area is 226 Å². The van der Waals surface area contributed by atoms with Crippen LogP contribution in [0.3, 0.4) is 0 Å². The zero-order valence-electron chi connectivity index (χ0n) is 23.6. The Morgan fingerprint density at radius 1 is 1.26 bits per heavy atom. The van der Waals surface area contributed by atoms with Gasteiger partial charge in [0.1, 0.15) is 0 Å². The van der Waals surface area contributed by atoms with E-state index in [9.17, 15) is 14.7 Å². The summed E-state index contributed by atoms with van der Waals surface area (Å²) in [5.41, 5.74) is 6.31. The van der Waals surface area contributed by atoms with Crippen LogP contribution in [0.2, 0.25) is 0 Å². The molecule has 9 heteroatoms. The lowest BCUT2D eigenvalue weighted by atomic mass is 9.77. The molecule has 38 heavy (non-hydrogen) atoms. The van der Waals surface area contributed by atoms with Crippen LogP contribution in [0.1, 0.15) is 64.9 Å². The number of amides is 1. The first-order valence-electron chi connectivity index (χ1n) is 13.7. The third-order valence-electron chi connectivity index (χ3n) is 7.60. The Morgan fingerprint density at radius 3 is 2.63 bits per heavy atom. The summed E-state index contributed by atoms with van der Waals surface area (Å²) in [4.78, 5) is 30.3. The van der Waals surface area contributed by atoms with E-state index in [0.717, 1.165) is 24.8 Å². The van der Waals surface area contributed by atoms with E-state index in [1.54, 1.807) is 7.11 Å². The standard InChI is InChI=1S/C29H45N3O6/c1-6-8-12-31(13-9-11-30)25(33)18-32-17-21(20-14-23(36-5)27-24(15-20)37-19-38-27)26(28(34)35)22(32)16-29(3,4)10-7-2/h7,10,14-15,21-22,26H,6,8-9,11-13,16-19,30H2,1-5H3,(H,34,35)/t21-,22+,26?/m1/s1. The van der Waals surface area contributed by atoms with E-state index < -0.39 is 11.9 Å². The van der Waals surface area contributed by atoms with Crippen molar-refractivity contribution in [2.24, 2.45) is 17.1 Å². The third-order valence-corrected chi connectivity index (χ3v) is 7.60. The van der Waals surface area contributed by atoms with E-state index in [2.05, 4.69) is 31.7 Å². The first-order chi connectivity index (χ1) is 18.1. The number of nitrogens with two attached hydrogens (primary N) is 1. The average Bonchev–Trinajstić information content (AvgIpc) is 3.48. The molecule has 3 atom stereocenters. The molecule has 0 radical (unpaired) electrons. The number of hydrogen-bond donors (Lipinski definition) is 2. The van der Waals surface area contributed by atoms with Crippen LogP contribution in [0, 0.1) is 11.3 Å². The number of ether oxygens (including phenoxy) is 3. The van der Waals surface area contributed by atoms with Crippen LogP contribution >= 0.6 is 0 Å². The van der Waals surface area contributed by atoms with Crippen LogP contribution in [-0.4, -0.2) is 79.5 Å². The smallest absolute Gasteiger partial charge is 0.308 e. The zero-order valence-corrected chi connectivity index (χ0v) is 23.6. The SMILES string of the molecule is CC=CC(C)(C)C[C@H]1C(C(=O)O)[C@@H](c2cc(OC)c3c(c2)OCO3)CN1CC(=O)N(CCCC)CCCN. The van der Waals surface area contributed by atoms with Crippen LogP contribution in [0.15, 0.2) is 24.3 Å². The lowest BCUT2D eigenvalue weighted by Gasteiger charge is -2.34. The molecule has 1 aromatic rings. The summed E-state index contributed by atoms with van der Waals surface area (Å²) < 4.78 is 16.7. The number of allylic oxidation sites excluding steroid dienone is 2. The van der Waals surface area contributed by atoms with Crippen molar-refractivity contribution >= 4 is 11.9 Å². The fourth-order valence-electron chi connectivity index (χ4n) is 5.77. The lowest BCUT2D eigenvalue weighted by molar-refractivity contribution is -0.144. The molecule has 1 aromatic carbocycles. The van der Waals surface area contributed by atoms with Crippen LogP contribution in [0.5, 0.6) is 17.2 Å². The Kier molecular flexibility index (Phi) is 10.4. The van der Waals surface area contributed by atoms with Gasteiger partial charge < -0.3 is 30.0 Å². The number of nitrogens with zero attached hydrogens (tertiary/aromatic N) is 2. The minimum Gasteiger partial charge on any atom is -0.493 e. The van der Waals surface area contributed by atoms with Gasteiger partial charge in [0.15, 0.2) is 11.5 Å². The molecule has 0 saturated carbocycles. The van der Waals surface area contributed by atoms with Gasteiger partial charge in [0.25, 0.3) is 0 Å². The van der Waals surface area contributed by atoms with Crippen molar-refractivity contribution < 1.29 is 28.9 Å². The monoisotopic (exact) mass is 531 g/mol. The Bertz CT molecular complexity index is 987. The molecule has 1 fully saturated rings. The summed E-state index contributed by atoms with van der Waals surface area (Å²) in [6, 6.07) is 3.38. The molecule has 3 N–H and O–H groups in total. The lowest BCUT2D eigenvalue weighted by Crippen LogP contribution is -2.46. The van der Waals surface area contributed by atoms with Gasteiger partial charge in [-0.2, -0.15) is 0 Å². The molecule has 0 spiro atoms. The van der Waals surface area contributed by atoms with Crippen molar-refractivity contribution in [3.8, 4) is 17.2 Å². The van der Waals surface area contributed by atoms with Crippen molar-refractivity contribution in [2.75, 3.05) is 46.6 Å². The average molecular weight is 532 g/mol. The number of carboxylic acid groups (broad SMARTS) is 1. The van der Waals surface area contributed by atoms with Crippen molar-refractivity contribution in [1.29, 1.82) is 0 Å². The second kappa shape index (κ2) is 13.3. The summed E-state index contributed by atoms with van der Waals surface area (Å²) >= 11 is 0. The Morgan fingerprint density at radius 2 is 2.00 bits per heavy atom. The zero-order chi connectivity index (χ0) is 27.9. The minimum atomic E-state index is -0.867. The van der Waals surface area contributed by atoms with Crippen LogP contribution in [0.4, 0.5) is 0 Å². The number of unbranched alkanes of at least 4 members (excludes halogenated alkanes) is 1. The Hall–Kier alpha value is -2.78. The van der Waals surface area contributed by atoms with Crippen molar-refractivity contribution in [3.05, 3.63) is 29.8 Å². The maximum atomic E-state index is 13.5. The predicted octanol–water partition coefficient (Wildman–Crippen LogP) is 3.86. The van der Waals surface area contributed by atoms with Crippen molar-refractivity contribution in [1.82, 2.24) is 9.80 Å². The molecule has 212 valence electrons. The molecule has 9 nitrogen and oxygen atoms in total. The van der Waals surface area contributed by atoms with E-state index in [-0.39, 0.29) is 36.6 Å². The maximum absolute atomic E-state index is 13.5. The van der Waals surface area contributed by atoms with E-state index >= 15 is 0 Å². The molecule has 2 aliphatic rings. The topological polar surface area (TPSA) is 115 Å². The van der Waals surface area contributed by atoms with Gasteiger partial charge in [0.05, 0.1) is 19.6 Å². The number of aliphatic carboxylic acids is 1. The highest BCUT2D eigenvalue weighted by Gasteiger charge is 2.49. The van der Waals surface area contributed by atoms with Gasteiger partial charge in [-0.15, -0.1) is 0 Å². The molecule has 1 amide bonds. The fourth-order valence-corrected chi connectivity index (χ4v) is 5.77. The fraction of sp³-hybridized carbons (Fsp3) is 0.655. The van der Waals surface area contributed by atoms with E-state index in [1.807, 2.05) is 30.0 Å². The number of benzene rings is 1. The van der Waals surface area contributed by atoms with Gasteiger partial charge in [0.2, 0.25) is 18.4 Å². The quantitative estimate of drug-likeness (QED) is 0.348. The van der Waals surface area contributed by atoms with Gasteiger partial charge in [-0.3, -0.25) is 14.5 Å². The second-order valence-electron chi connectivity index (χ2n) is 11.0. The van der Waals surface area contributed by atoms with Gasteiger partial charge >= 0.3 is 5.97 Å². The van der Waals surface area contributed by atoms with Crippen LogP contribution < -0.4 is 19.9 Å². The first kappa shape index (κ1) is 29.8. The molecule has 1 saturated heterocycles. The summed E-state index contributed by atoms with van der Waals surface area (Å²) in [7, 11) is 1.56. The maximum Gasteiger partial charge on any atom is 0.308 e. The van der Waals surface area contributed by atoms with Crippen molar-refractivity contribution in [2.45, 2.75) is 65.3 Å². The number of methoxy groups -OCH3 is 1. The molecule has 0 aliphatic carbocycles. The number of carbonyl (C=O) groups excluding carboxylic acids is 1. The summed E-state index contributed by atoms with van der Waals surface area (Å²) in [5, 5.41) is 10.5. The van der Waals surface area contributed by atoms with Gasteiger partial charge in [-0.25, -0.2) is 0 Å². The first-order valence-corrected chi connectivity index (χ1v) is 13.7. The second-order valence-corrected chi connectivity index (χ2v) is 11.0. The van der Waals surface area contributed by atoms with E-state index in [0.29, 0.717) is 49.8 Å². The van der Waals surface area contributed by atoms with Crippen LogP contribution in [0.25, 0.3) is 0 Å².